The summed E-state index contributed by atoms with van der Waals surface area (Å²) < 4.78 is 30.4. The first kappa shape index (κ1) is 27.4. The third-order valence-electron chi connectivity index (χ3n) is 8.02. The smallest absolute Gasteiger partial charge is 0.332 e. The van der Waals surface area contributed by atoms with Crippen molar-refractivity contribution in [3.05, 3.63) is 57.8 Å². The van der Waals surface area contributed by atoms with E-state index in [4.69, 9.17) is 0 Å². The van der Waals surface area contributed by atoms with Gasteiger partial charge in [-0.05, 0) is 25.1 Å². The minimum absolute atomic E-state index is 0.0113. The molecular formula is C27H27F2N9O4. The first-order valence-corrected chi connectivity index (χ1v) is 13.4. The summed E-state index contributed by atoms with van der Waals surface area (Å²) in [6.07, 6.45) is 4.48. The Hall–Kier alpha value is -4.82. The predicted molar refractivity (Wildman–Crippen MR) is 147 cm³/mol. The van der Waals surface area contributed by atoms with Gasteiger partial charge in [0, 0.05) is 44.5 Å². The second-order valence-electron chi connectivity index (χ2n) is 10.6. The van der Waals surface area contributed by atoms with Gasteiger partial charge >= 0.3 is 5.69 Å². The highest BCUT2D eigenvalue weighted by molar-refractivity contribution is 5.93. The highest BCUT2D eigenvalue weighted by Crippen LogP contribution is 2.59. The molecule has 1 aliphatic heterocycles. The quantitative estimate of drug-likeness (QED) is 0.329. The lowest BCUT2D eigenvalue weighted by molar-refractivity contribution is -0.120. The molecular weight excluding hydrogens is 552 g/mol. The zero-order chi connectivity index (χ0) is 29.9. The SMILES string of the molecule is CCC(=O)Cn1c(=O)c2c(ncn2[C@@H](C)C(=O)Nc2ccnc(-c3ccc(N4CC5C(C4)C5(F)F)nc3)n2)n(C)c1=O. The number of hydrogen-bond donors (Lipinski definition) is 1. The standard InChI is InChI=1S/C27H27F2N9O4/c1-4-16(39)10-37-25(41)21-23(35(3)26(37)42)32-13-38(21)14(2)24(40)34-19-7-8-30-22(33-19)15-5-6-20(31-9-15)36-11-17-18(12-36)27(17,28)29/h5-9,13-14,17-18H,4,10-12H2,1-3H3,(H,30,33,34,40)/t14-,17?,18?/m0/s1. The summed E-state index contributed by atoms with van der Waals surface area (Å²) in [6.45, 7) is 3.36. The van der Waals surface area contributed by atoms with E-state index >= 15 is 0 Å². The molecule has 0 bridgehead atoms. The van der Waals surface area contributed by atoms with E-state index in [9.17, 15) is 28.0 Å². The van der Waals surface area contributed by atoms with Crippen LogP contribution < -0.4 is 21.5 Å². The summed E-state index contributed by atoms with van der Waals surface area (Å²) in [5, 5.41) is 2.71. The van der Waals surface area contributed by atoms with Crippen molar-refractivity contribution in [3.63, 3.8) is 0 Å². The van der Waals surface area contributed by atoms with Crippen LogP contribution in [0.5, 0.6) is 0 Å². The zero-order valence-corrected chi connectivity index (χ0v) is 23.0. The second kappa shape index (κ2) is 9.92. The number of Topliss-reactive ketones (excluding diaryl/α,β-unsaturated/α-hetero) is 1. The zero-order valence-electron chi connectivity index (χ0n) is 23.0. The number of anilines is 2. The van der Waals surface area contributed by atoms with Crippen LogP contribution in [0.2, 0.25) is 0 Å². The Morgan fingerprint density at radius 1 is 1.12 bits per heavy atom. The molecule has 218 valence electrons. The molecule has 1 aliphatic carbocycles. The van der Waals surface area contributed by atoms with Gasteiger partial charge < -0.3 is 14.8 Å². The molecule has 0 aromatic carbocycles. The molecule has 13 nitrogen and oxygen atoms in total. The van der Waals surface area contributed by atoms with E-state index in [1.165, 1.54) is 34.8 Å². The number of piperidine rings is 1. The van der Waals surface area contributed by atoms with E-state index < -0.39 is 41.0 Å². The molecule has 2 unspecified atom stereocenters. The molecule has 2 fully saturated rings. The highest BCUT2D eigenvalue weighted by Gasteiger charge is 2.71. The van der Waals surface area contributed by atoms with Crippen molar-refractivity contribution in [1.82, 2.24) is 33.6 Å². The van der Waals surface area contributed by atoms with Crippen LogP contribution in [0.4, 0.5) is 20.4 Å². The molecule has 0 spiro atoms. The molecule has 42 heavy (non-hydrogen) atoms. The van der Waals surface area contributed by atoms with Crippen molar-refractivity contribution in [2.45, 2.75) is 38.8 Å². The number of hydrogen-bond acceptors (Lipinski definition) is 9. The lowest BCUT2D eigenvalue weighted by atomic mass is 10.2. The molecule has 0 radical (unpaired) electrons. The Morgan fingerprint density at radius 3 is 2.52 bits per heavy atom. The number of nitrogens with zero attached hydrogens (tertiary/aromatic N) is 8. The van der Waals surface area contributed by atoms with Crippen molar-refractivity contribution in [2.24, 2.45) is 18.9 Å². The van der Waals surface area contributed by atoms with E-state index in [1.54, 1.807) is 32.2 Å². The van der Waals surface area contributed by atoms with Gasteiger partial charge in [-0.25, -0.2) is 33.5 Å². The summed E-state index contributed by atoms with van der Waals surface area (Å²) in [5.41, 5.74) is -0.721. The van der Waals surface area contributed by atoms with Gasteiger partial charge in [-0.1, -0.05) is 6.92 Å². The number of fused-ring (bicyclic) bond motifs is 2. The Labute approximate surface area is 236 Å². The first-order chi connectivity index (χ1) is 20.0. The Bertz CT molecular complexity index is 1830. The Morgan fingerprint density at radius 2 is 1.86 bits per heavy atom. The summed E-state index contributed by atoms with van der Waals surface area (Å²) >= 11 is 0. The van der Waals surface area contributed by atoms with Gasteiger partial charge in [0.1, 0.15) is 17.7 Å². The molecule has 15 heteroatoms. The molecule has 6 rings (SSSR count). The maximum Gasteiger partial charge on any atom is 0.332 e. The number of ketones is 1. The Balaban J connectivity index is 1.20. The van der Waals surface area contributed by atoms with Crippen LogP contribution in [0, 0.1) is 11.8 Å². The number of amides is 1. The van der Waals surface area contributed by atoms with Crippen molar-refractivity contribution in [2.75, 3.05) is 23.3 Å². The number of alkyl halides is 2. The van der Waals surface area contributed by atoms with Crippen LogP contribution in [0.3, 0.4) is 0 Å². The van der Waals surface area contributed by atoms with E-state index in [-0.39, 0.29) is 48.8 Å². The number of carbonyl (C=O) groups excluding carboxylic acids is 2. The number of halogens is 2. The Kier molecular flexibility index (Phi) is 6.46. The van der Waals surface area contributed by atoms with Crippen molar-refractivity contribution in [3.8, 4) is 11.4 Å². The van der Waals surface area contributed by atoms with E-state index in [2.05, 4.69) is 25.3 Å². The average molecular weight is 580 g/mol. The van der Waals surface area contributed by atoms with Crippen LogP contribution in [-0.4, -0.2) is 64.3 Å². The molecule has 1 amide bonds. The number of carbonyl (C=O) groups is 2. The van der Waals surface area contributed by atoms with Crippen LogP contribution in [0.25, 0.3) is 22.6 Å². The molecule has 1 N–H and O–H groups in total. The second-order valence-corrected chi connectivity index (χ2v) is 10.6. The summed E-state index contributed by atoms with van der Waals surface area (Å²) in [4.78, 5) is 70.2. The average Bonchev–Trinajstić information content (AvgIpc) is 3.41. The number of aryl methyl sites for hydroxylation is 1. The van der Waals surface area contributed by atoms with E-state index in [1.807, 2.05) is 4.90 Å². The maximum absolute atomic E-state index is 13.5. The van der Waals surface area contributed by atoms with Gasteiger partial charge in [-0.3, -0.25) is 23.5 Å². The fourth-order valence-electron chi connectivity index (χ4n) is 5.34. The number of imidazole rings is 1. The molecule has 1 saturated heterocycles. The lowest BCUT2D eigenvalue weighted by Crippen LogP contribution is -2.41. The third-order valence-corrected chi connectivity index (χ3v) is 8.02. The first-order valence-electron chi connectivity index (χ1n) is 13.4. The fourth-order valence-corrected chi connectivity index (χ4v) is 5.34. The topological polar surface area (TPSA) is 150 Å². The normalized spacial score (nSPS) is 19.5. The minimum Gasteiger partial charge on any atom is -0.356 e. The summed E-state index contributed by atoms with van der Waals surface area (Å²) in [5.74, 6) is -3.49. The lowest BCUT2D eigenvalue weighted by Gasteiger charge is -2.20. The highest BCUT2D eigenvalue weighted by atomic mass is 19.3. The van der Waals surface area contributed by atoms with Crippen LogP contribution in [-0.2, 0) is 23.2 Å². The fraction of sp³-hybridized carbons (Fsp3) is 0.407. The van der Waals surface area contributed by atoms with Gasteiger partial charge in [-0.15, -0.1) is 0 Å². The summed E-state index contributed by atoms with van der Waals surface area (Å²) in [7, 11) is 1.44. The number of aromatic nitrogens is 7. The van der Waals surface area contributed by atoms with Crippen molar-refractivity contribution in [1.29, 1.82) is 0 Å². The third kappa shape index (κ3) is 4.44. The predicted octanol–water partition coefficient (Wildman–Crippen LogP) is 1.63. The van der Waals surface area contributed by atoms with Crippen molar-refractivity contribution >= 4 is 34.5 Å². The van der Waals surface area contributed by atoms with Gasteiger partial charge in [0.2, 0.25) is 5.91 Å². The molecule has 3 atom stereocenters. The summed E-state index contributed by atoms with van der Waals surface area (Å²) in [6, 6.07) is 4.04. The maximum atomic E-state index is 13.5. The number of rotatable bonds is 8. The molecule has 4 aromatic rings. The van der Waals surface area contributed by atoms with Gasteiger partial charge in [-0.2, -0.15) is 0 Å². The molecule has 5 heterocycles. The minimum atomic E-state index is -2.57. The molecule has 2 aliphatic rings. The number of nitrogens with one attached hydrogen (secondary N) is 1. The van der Waals surface area contributed by atoms with Crippen molar-refractivity contribution < 1.29 is 18.4 Å². The number of pyridine rings is 1. The van der Waals surface area contributed by atoms with Crippen LogP contribution in [0.15, 0.2) is 46.5 Å². The van der Waals surface area contributed by atoms with Crippen LogP contribution in [0.1, 0.15) is 26.3 Å². The largest absolute Gasteiger partial charge is 0.356 e. The molecule has 4 aromatic heterocycles. The van der Waals surface area contributed by atoms with E-state index in [0.717, 1.165) is 4.57 Å². The van der Waals surface area contributed by atoms with E-state index in [0.29, 0.717) is 17.2 Å². The monoisotopic (exact) mass is 579 g/mol. The molecule has 1 saturated carbocycles. The van der Waals surface area contributed by atoms with Gasteiger partial charge in [0.25, 0.3) is 11.5 Å². The van der Waals surface area contributed by atoms with Crippen LogP contribution >= 0.6 is 0 Å². The van der Waals surface area contributed by atoms with Gasteiger partial charge in [0.05, 0.1) is 24.7 Å². The van der Waals surface area contributed by atoms with Gasteiger partial charge in [0.15, 0.2) is 22.8 Å².